The third-order valence-electron chi connectivity index (χ3n) is 3.17. The average Bonchev–Trinajstić information content (AvgIpc) is 2.55. The van der Waals surface area contributed by atoms with E-state index in [0.717, 1.165) is 22.0 Å². The molecule has 0 saturated carbocycles. The van der Waals surface area contributed by atoms with Gasteiger partial charge in [0.05, 0.1) is 0 Å². The van der Waals surface area contributed by atoms with Crippen molar-refractivity contribution in [3.8, 4) is 0 Å². The summed E-state index contributed by atoms with van der Waals surface area (Å²) < 4.78 is 14.1. The van der Waals surface area contributed by atoms with Gasteiger partial charge in [-0.1, -0.05) is 33.6 Å². The molecule has 1 heterocycles. The lowest BCUT2D eigenvalue weighted by atomic mass is 10.2. The number of pyridine rings is 1. The van der Waals surface area contributed by atoms with Crippen molar-refractivity contribution in [3.63, 3.8) is 0 Å². The number of aromatic nitrogens is 1. The zero-order chi connectivity index (χ0) is 16.7. The molecule has 0 fully saturated rings. The Morgan fingerprint density at radius 1 is 1.30 bits per heavy atom. The number of nitrogens with zero attached hydrogens (tertiary/aromatic N) is 2. The molecule has 1 aromatic heterocycles. The van der Waals surface area contributed by atoms with Gasteiger partial charge < -0.3 is 10.6 Å². The Morgan fingerprint density at radius 2 is 2.13 bits per heavy atom. The monoisotopic (exact) mass is 398 g/mol. The van der Waals surface area contributed by atoms with Crippen molar-refractivity contribution in [2.24, 2.45) is 4.99 Å². The highest BCUT2D eigenvalue weighted by molar-refractivity contribution is 9.10. The smallest absolute Gasteiger partial charge is 0.191 e. The summed E-state index contributed by atoms with van der Waals surface area (Å²) in [5, 5.41) is 6.85. The van der Waals surface area contributed by atoms with Gasteiger partial charge in [-0.25, -0.2) is 9.37 Å². The van der Waals surface area contributed by atoms with Crippen LogP contribution in [0.2, 0.25) is 5.15 Å². The summed E-state index contributed by atoms with van der Waals surface area (Å²) in [6, 6.07) is 8.31. The molecule has 0 amide bonds. The normalized spacial score (nSPS) is 11.4. The molecule has 0 unspecified atom stereocenters. The van der Waals surface area contributed by atoms with Gasteiger partial charge in [-0.05, 0) is 41.8 Å². The number of hydrogen-bond acceptors (Lipinski definition) is 2. The van der Waals surface area contributed by atoms with Gasteiger partial charge in [0, 0.05) is 30.8 Å². The van der Waals surface area contributed by atoms with E-state index in [0.29, 0.717) is 24.2 Å². The van der Waals surface area contributed by atoms with Gasteiger partial charge in [0.25, 0.3) is 0 Å². The van der Waals surface area contributed by atoms with Crippen LogP contribution in [0.5, 0.6) is 0 Å². The average molecular weight is 400 g/mol. The lowest BCUT2D eigenvalue weighted by Crippen LogP contribution is -2.37. The fraction of sp³-hybridized carbons (Fsp3) is 0.250. The first-order valence-corrected chi connectivity index (χ1v) is 8.24. The van der Waals surface area contributed by atoms with Crippen LogP contribution >= 0.6 is 27.5 Å². The summed E-state index contributed by atoms with van der Waals surface area (Å²) in [6.07, 6.45) is 2.55. The van der Waals surface area contributed by atoms with Crippen molar-refractivity contribution in [1.29, 1.82) is 0 Å². The van der Waals surface area contributed by atoms with Gasteiger partial charge >= 0.3 is 0 Å². The van der Waals surface area contributed by atoms with Gasteiger partial charge in [0.1, 0.15) is 11.0 Å². The number of aliphatic imine (C=N–C) groups is 1. The molecule has 0 radical (unpaired) electrons. The van der Waals surface area contributed by atoms with Crippen LogP contribution in [-0.2, 0) is 13.0 Å². The first-order valence-electron chi connectivity index (χ1n) is 7.07. The topological polar surface area (TPSA) is 49.3 Å². The Morgan fingerprint density at radius 3 is 2.83 bits per heavy atom. The minimum atomic E-state index is -0.261. The Labute approximate surface area is 148 Å². The van der Waals surface area contributed by atoms with E-state index in [9.17, 15) is 4.39 Å². The van der Waals surface area contributed by atoms with E-state index in [-0.39, 0.29) is 5.82 Å². The van der Waals surface area contributed by atoms with Crippen LogP contribution in [0.1, 0.15) is 11.1 Å². The molecule has 23 heavy (non-hydrogen) atoms. The summed E-state index contributed by atoms with van der Waals surface area (Å²) >= 11 is 9.16. The molecule has 4 nitrogen and oxygen atoms in total. The lowest BCUT2D eigenvalue weighted by Gasteiger charge is -2.13. The standard InChI is InChI=1S/C16H17BrClFN4/c1-20-16(21-7-6-11-2-5-15(18)22-9-11)23-10-12-8-13(19)3-4-14(12)17/h2-5,8-9H,6-7,10H2,1H3,(H2,20,21,23). The summed E-state index contributed by atoms with van der Waals surface area (Å²) in [7, 11) is 1.69. The maximum Gasteiger partial charge on any atom is 0.191 e. The number of rotatable bonds is 5. The summed E-state index contributed by atoms with van der Waals surface area (Å²) in [5.41, 5.74) is 1.92. The maximum atomic E-state index is 13.3. The first kappa shape index (κ1) is 17.7. The fourth-order valence-electron chi connectivity index (χ4n) is 1.96. The maximum absolute atomic E-state index is 13.3. The Hall–Kier alpha value is -1.66. The largest absolute Gasteiger partial charge is 0.356 e. The SMILES string of the molecule is CN=C(NCCc1ccc(Cl)nc1)NCc1cc(F)ccc1Br. The zero-order valence-electron chi connectivity index (χ0n) is 12.6. The van der Waals surface area contributed by atoms with Crippen LogP contribution < -0.4 is 10.6 Å². The summed E-state index contributed by atoms with van der Waals surface area (Å²) in [4.78, 5) is 8.19. The molecule has 2 aromatic rings. The third kappa shape index (κ3) is 5.80. The van der Waals surface area contributed by atoms with E-state index in [1.165, 1.54) is 12.1 Å². The highest BCUT2D eigenvalue weighted by atomic mass is 79.9. The number of guanidine groups is 1. The predicted octanol–water partition coefficient (Wildman–Crippen LogP) is 3.54. The number of halogens is 3. The van der Waals surface area contributed by atoms with Crippen LogP contribution in [0.3, 0.4) is 0 Å². The van der Waals surface area contributed by atoms with Crippen molar-refractivity contribution >= 4 is 33.5 Å². The molecule has 1 aromatic carbocycles. The molecule has 0 aliphatic heterocycles. The second-order valence-corrected chi connectivity index (χ2v) is 6.07. The first-order chi connectivity index (χ1) is 11.1. The zero-order valence-corrected chi connectivity index (χ0v) is 15.0. The molecule has 0 bridgehead atoms. The molecule has 0 spiro atoms. The lowest BCUT2D eigenvalue weighted by molar-refractivity contribution is 0.624. The molecular weight excluding hydrogens is 383 g/mol. The highest BCUT2D eigenvalue weighted by Gasteiger charge is 2.04. The highest BCUT2D eigenvalue weighted by Crippen LogP contribution is 2.17. The molecule has 2 N–H and O–H groups in total. The molecule has 7 heteroatoms. The molecule has 0 aliphatic carbocycles. The summed E-state index contributed by atoms with van der Waals surface area (Å²) in [6.45, 7) is 1.17. The van der Waals surface area contributed by atoms with Gasteiger partial charge in [-0.3, -0.25) is 4.99 Å². The van der Waals surface area contributed by atoms with Gasteiger partial charge in [-0.15, -0.1) is 0 Å². The Bertz CT molecular complexity index is 676. The van der Waals surface area contributed by atoms with Crippen molar-refractivity contribution in [3.05, 3.63) is 63.1 Å². The minimum Gasteiger partial charge on any atom is -0.356 e. The van der Waals surface area contributed by atoms with E-state index < -0.39 is 0 Å². The van der Waals surface area contributed by atoms with Crippen LogP contribution in [-0.4, -0.2) is 24.5 Å². The van der Waals surface area contributed by atoms with E-state index in [4.69, 9.17) is 11.6 Å². The van der Waals surface area contributed by atoms with E-state index >= 15 is 0 Å². The third-order valence-corrected chi connectivity index (χ3v) is 4.17. The van der Waals surface area contributed by atoms with Crippen LogP contribution in [0, 0.1) is 5.82 Å². The van der Waals surface area contributed by atoms with Crippen molar-refractivity contribution in [1.82, 2.24) is 15.6 Å². The van der Waals surface area contributed by atoms with Crippen molar-refractivity contribution in [2.45, 2.75) is 13.0 Å². The number of benzene rings is 1. The number of hydrogen-bond donors (Lipinski definition) is 2. The van der Waals surface area contributed by atoms with E-state index in [1.807, 2.05) is 6.07 Å². The van der Waals surface area contributed by atoms with Crippen LogP contribution in [0.4, 0.5) is 4.39 Å². The molecule has 0 saturated heterocycles. The summed E-state index contributed by atoms with van der Waals surface area (Å²) in [5.74, 6) is 0.395. The molecule has 122 valence electrons. The van der Waals surface area contributed by atoms with Crippen LogP contribution in [0.25, 0.3) is 0 Å². The Kier molecular flexibility index (Phi) is 6.80. The van der Waals surface area contributed by atoms with Crippen molar-refractivity contribution < 1.29 is 4.39 Å². The molecular formula is C16H17BrClFN4. The van der Waals surface area contributed by atoms with Gasteiger partial charge in [-0.2, -0.15) is 0 Å². The minimum absolute atomic E-state index is 0.261. The van der Waals surface area contributed by atoms with E-state index in [1.54, 1.807) is 25.4 Å². The number of nitrogens with one attached hydrogen (secondary N) is 2. The second kappa shape index (κ2) is 8.84. The Balaban J connectivity index is 1.81. The van der Waals surface area contributed by atoms with Crippen LogP contribution in [0.15, 0.2) is 46.0 Å². The second-order valence-electron chi connectivity index (χ2n) is 4.83. The van der Waals surface area contributed by atoms with Gasteiger partial charge in [0.2, 0.25) is 0 Å². The van der Waals surface area contributed by atoms with Gasteiger partial charge in [0.15, 0.2) is 5.96 Å². The predicted molar refractivity (Wildman–Crippen MR) is 95.3 cm³/mol. The fourth-order valence-corrected chi connectivity index (χ4v) is 2.46. The van der Waals surface area contributed by atoms with Crippen molar-refractivity contribution in [2.75, 3.05) is 13.6 Å². The van der Waals surface area contributed by atoms with E-state index in [2.05, 4.69) is 36.5 Å². The molecule has 0 atom stereocenters. The molecule has 0 aliphatic rings. The molecule has 2 rings (SSSR count). The quantitative estimate of drug-likeness (QED) is 0.459.